The van der Waals surface area contributed by atoms with Crippen molar-refractivity contribution in [1.29, 1.82) is 0 Å². The summed E-state index contributed by atoms with van der Waals surface area (Å²) in [4.78, 5) is 22.3. The second-order valence-electron chi connectivity index (χ2n) is 14.7. The third-order valence-corrected chi connectivity index (χ3v) is 14.0. The first-order valence-corrected chi connectivity index (χ1v) is 19.2. The van der Waals surface area contributed by atoms with Crippen molar-refractivity contribution >= 4 is 35.9 Å². The standard InChI is InChI=1S/C40H43F2N5O5Si/c1-26-17-18-27(21-31(26)44-38(48)32-24-43-34-22-28(19-20-47(32)34)50-25-40(5,6)49)37-45-35(51-46-37)23-33(36(41)42)52-53(39(2,3)4,29-13-9-7-10-14-29)30-15-11-8-12-16-30/h7-22,24,33,36,49H,23,25H2,1-6H3,(H,44,48)/t33-/m0/s1. The van der Waals surface area contributed by atoms with Crippen LogP contribution >= 0.6 is 0 Å². The van der Waals surface area contributed by atoms with Gasteiger partial charge in [0.15, 0.2) is 0 Å². The topological polar surface area (TPSA) is 124 Å². The van der Waals surface area contributed by atoms with Crippen molar-refractivity contribution in [3.05, 3.63) is 121 Å². The summed E-state index contributed by atoms with van der Waals surface area (Å²) < 4.78 is 49.4. The van der Waals surface area contributed by atoms with Crippen LogP contribution < -0.4 is 20.4 Å². The molecule has 53 heavy (non-hydrogen) atoms. The van der Waals surface area contributed by atoms with Gasteiger partial charge in [-0.25, -0.2) is 13.8 Å². The second-order valence-corrected chi connectivity index (χ2v) is 18.9. The number of halogens is 2. The highest BCUT2D eigenvalue weighted by Gasteiger charge is 2.52. The van der Waals surface area contributed by atoms with Crippen LogP contribution in [0.3, 0.4) is 0 Å². The van der Waals surface area contributed by atoms with E-state index in [0.717, 1.165) is 15.9 Å². The minimum absolute atomic E-state index is 0.00558. The third-order valence-electron chi connectivity index (χ3n) is 8.92. The molecule has 1 amide bonds. The van der Waals surface area contributed by atoms with Crippen molar-refractivity contribution in [2.24, 2.45) is 0 Å². The highest BCUT2D eigenvalue weighted by molar-refractivity contribution is 6.99. The summed E-state index contributed by atoms with van der Waals surface area (Å²) in [5.41, 5.74) is 1.58. The molecule has 6 rings (SSSR count). The van der Waals surface area contributed by atoms with Gasteiger partial charge in [-0.3, -0.25) is 9.20 Å². The van der Waals surface area contributed by atoms with E-state index in [4.69, 9.17) is 13.7 Å². The van der Waals surface area contributed by atoms with E-state index >= 15 is 0 Å². The van der Waals surface area contributed by atoms with Gasteiger partial charge in [-0.1, -0.05) is 98.7 Å². The van der Waals surface area contributed by atoms with E-state index in [-0.39, 0.29) is 24.7 Å². The molecule has 3 aromatic carbocycles. The predicted octanol–water partition coefficient (Wildman–Crippen LogP) is 6.85. The van der Waals surface area contributed by atoms with E-state index in [1.54, 1.807) is 54.8 Å². The van der Waals surface area contributed by atoms with Crippen LogP contribution in [0.25, 0.3) is 17.0 Å². The zero-order chi connectivity index (χ0) is 38.0. The Morgan fingerprint density at radius 1 is 0.962 bits per heavy atom. The minimum atomic E-state index is -3.30. The number of imidazole rings is 1. The van der Waals surface area contributed by atoms with Crippen LogP contribution in [0.5, 0.6) is 5.75 Å². The Balaban J connectivity index is 1.22. The lowest BCUT2D eigenvalue weighted by molar-refractivity contribution is 0.00243. The lowest BCUT2D eigenvalue weighted by atomic mass is 10.1. The molecule has 0 saturated carbocycles. The number of ether oxygens (including phenoxy) is 1. The number of nitrogens with zero attached hydrogens (tertiary/aromatic N) is 4. The Bertz CT molecular complexity index is 2140. The van der Waals surface area contributed by atoms with E-state index in [0.29, 0.717) is 28.3 Å². The summed E-state index contributed by atoms with van der Waals surface area (Å²) in [6.07, 6.45) is -1.53. The van der Waals surface area contributed by atoms with Crippen LogP contribution in [0.2, 0.25) is 5.04 Å². The number of aromatic nitrogens is 4. The van der Waals surface area contributed by atoms with Crippen LogP contribution in [0.4, 0.5) is 14.5 Å². The lowest BCUT2D eigenvalue weighted by Gasteiger charge is -2.44. The van der Waals surface area contributed by atoms with Crippen molar-refractivity contribution in [2.45, 2.75) is 71.1 Å². The van der Waals surface area contributed by atoms with Crippen LogP contribution in [0, 0.1) is 6.92 Å². The summed E-state index contributed by atoms with van der Waals surface area (Å²) in [6.45, 7) is 11.3. The molecule has 0 spiro atoms. The van der Waals surface area contributed by atoms with Crippen molar-refractivity contribution in [3.63, 3.8) is 0 Å². The molecule has 0 aliphatic rings. The monoisotopic (exact) mass is 739 g/mol. The first-order chi connectivity index (χ1) is 25.1. The highest BCUT2D eigenvalue weighted by atomic mass is 28.4. The quantitative estimate of drug-likeness (QED) is 0.123. The average molecular weight is 740 g/mol. The maximum Gasteiger partial charge on any atom is 0.274 e. The number of rotatable bonds is 13. The SMILES string of the molecule is Cc1ccc(-c2noc(C[C@H](O[Si](c3ccccc3)(c3ccccc3)C(C)(C)C)C(F)F)n2)cc1NC(=O)c1cnc2cc(OCC(C)(C)O)ccn12. The molecular formula is C40H43F2N5O5Si. The van der Waals surface area contributed by atoms with Gasteiger partial charge < -0.3 is 24.1 Å². The van der Waals surface area contributed by atoms with Gasteiger partial charge >= 0.3 is 0 Å². The Morgan fingerprint density at radius 2 is 1.62 bits per heavy atom. The number of alkyl halides is 2. The summed E-state index contributed by atoms with van der Waals surface area (Å²) in [5, 5.41) is 18.3. The lowest BCUT2D eigenvalue weighted by Crippen LogP contribution is -2.68. The average Bonchev–Trinajstić information content (AvgIpc) is 3.77. The van der Waals surface area contributed by atoms with Crippen LogP contribution in [0.15, 0.2) is 108 Å². The van der Waals surface area contributed by atoms with Gasteiger partial charge in [-0.05, 0) is 53.9 Å². The number of aryl methyl sites for hydroxylation is 1. The van der Waals surface area contributed by atoms with Crippen molar-refractivity contribution in [2.75, 3.05) is 11.9 Å². The molecule has 0 radical (unpaired) electrons. The van der Waals surface area contributed by atoms with Gasteiger partial charge in [-0.2, -0.15) is 4.98 Å². The fraction of sp³-hybridized carbons (Fsp3) is 0.300. The molecule has 0 fully saturated rings. The number of aliphatic hydroxyl groups is 1. The number of hydrogen-bond acceptors (Lipinski definition) is 8. The smallest absolute Gasteiger partial charge is 0.274 e. The number of hydrogen-bond donors (Lipinski definition) is 2. The summed E-state index contributed by atoms with van der Waals surface area (Å²) in [6, 6.07) is 27.9. The van der Waals surface area contributed by atoms with E-state index in [1.807, 2.05) is 88.4 Å². The van der Waals surface area contributed by atoms with Gasteiger partial charge in [0.05, 0.1) is 18.2 Å². The predicted molar refractivity (Wildman–Crippen MR) is 202 cm³/mol. The Labute approximate surface area is 307 Å². The maximum atomic E-state index is 14.9. The largest absolute Gasteiger partial charge is 0.490 e. The van der Waals surface area contributed by atoms with E-state index in [1.165, 1.54) is 6.20 Å². The van der Waals surface area contributed by atoms with Crippen molar-refractivity contribution < 1.29 is 32.4 Å². The third kappa shape index (κ3) is 8.22. The molecule has 0 saturated heterocycles. The van der Waals surface area contributed by atoms with Gasteiger partial charge in [0.1, 0.15) is 29.8 Å². The fourth-order valence-corrected chi connectivity index (χ4v) is 10.9. The molecule has 0 aliphatic carbocycles. The number of carbonyl (C=O) groups excluding carboxylic acids is 1. The molecule has 0 unspecified atom stereocenters. The number of benzene rings is 3. The number of amides is 1. The zero-order valence-electron chi connectivity index (χ0n) is 30.5. The summed E-state index contributed by atoms with van der Waals surface area (Å²) in [5.74, 6) is 0.292. The van der Waals surface area contributed by atoms with E-state index < -0.39 is 37.4 Å². The number of carbonyl (C=O) groups is 1. The minimum Gasteiger partial charge on any atom is -0.490 e. The van der Waals surface area contributed by atoms with Gasteiger partial charge in [0, 0.05) is 23.5 Å². The number of nitrogens with one attached hydrogen (secondary N) is 1. The normalized spacial score (nSPS) is 13.0. The first-order valence-electron chi connectivity index (χ1n) is 17.3. The molecule has 10 nitrogen and oxygen atoms in total. The van der Waals surface area contributed by atoms with Crippen LogP contribution in [0.1, 0.15) is 56.6 Å². The molecule has 1 atom stereocenters. The molecular weight excluding hydrogens is 697 g/mol. The van der Waals surface area contributed by atoms with E-state index in [9.17, 15) is 18.7 Å². The number of pyridine rings is 1. The maximum absolute atomic E-state index is 14.9. The second kappa shape index (κ2) is 15.0. The van der Waals surface area contributed by atoms with Crippen LogP contribution in [-0.2, 0) is 10.8 Å². The van der Waals surface area contributed by atoms with Gasteiger partial charge in [0.25, 0.3) is 20.7 Å². The molecule has 0 bridgehead atoms. The molecule has 2 N–H and O–H groups in total. The fourth-order valence-electron chi connectivity index (χ4n) is 6.29. The molecule has 6 aromatic rings. The molecule has 3 heterocycles. The Morgan fingerprint density at radius 3 is 2.23 bits per heavy atom. The van der Waals surface area contributed by atoms with Crippen molar-refractivity contribution in [3.8, 4) is 17.1 Å². The summed E-state index contributed by atoms with van der Waals surface area (Å²) in [7, 11) is -3.30. The molecule has 0 aliphatic heterocycles. The van der Waals surface area contributed by atoms with Crippen LogP contribution in [-0.4, -0.2) is 63.6 Å². The van der Waals surface area contributed by atoms with Crippen molar-refractivity contribution in [1.82, 2.24) is 19.5 Å². The number of anilines is 1. The van der Waals surface area contributed by atoms with E-state index in [2.05, 4.69) is 20.4 Å². The molecule has 13 heteroatoms. The zero-order valence-corrected chi connectivity index (χ0v) is 31.5. The van der Waals surface area contributed by atoms with Gasteiger partial charge in [-0.15, -0.1) is 0 Å². The number of fused-ring (bicyclic) bond motifs is 1. The highest BCUT2D eigenvalue weighted by Crippen LogP contribution is 2.38. The van der Waals surface area contributed by atoms with Gasteiger partial charge in [0.2, 0.25) is 11.7 Å². The first kappa shape index (κ1) is 37.5. The molecule has 3 aromatic heterocycles. The Hall–Kier alpha value is -5.24. The molecule has 276 valence electrons. The Kier molecular flexibility index (Phi) is 10.6. The summed E-state index contributed by atoms with van der Waals surface area (Å²) >= 11 is 0.